The Kier molecular flexibility index (Phi) is 4.66. The molecule has 0 spiro atoms. The maximum atomic E-state index is 5.74. The minimum atomic E-state index is 0.520. The number of rotatable bonds is 4. The van der Waals surface area contributed by atoms with Crippen LogP contribution in [-0.2, 0) is 4.74 Å². The topological polar surface area (TPSA) is 21.3 Å². The van der Waals surface area contributed by atoms with E-state index in [1.165, 1.54) is 45.1 Å². The molecule has 1 saturated carbocycles. The largest absolute Gasteiger partial charge is 0.378 e. The molecular weight excluding hydrogens is 198 g/mol. The van der Waals surface area contributed by atoms with Gasteiger partial charge in [-0.15, -0.1) is 0 Å². The SMILES string of the molecule is CCC1OCCC1CNC1CCCCC1C. The first-order valence-electron chi connectivity index (χ1n) is 7.16. The third-order valence-electron chi connectivity index (χ3n) is 4.50. The van der Waals surface area contributed by atoms with Gasteiger partial charge in [0.05, 0.1) is 6.10 Å². The lowest BCUT2D eigenvalue weighted by Gasteiger charge is -2.31. The lowest BCUT2D eigenvalue weighted by Crippen LogP contribution is -2.41. The van der Waals surface area contributed by atoms with Gasteiger partial charge in [-0.1, -0.05) is 26.7 Å². The molecule has 1 saturated heterocycles. The molecule has 0 aromatic heterocycles. The fraction of sp³-hybridized carbons (Fsp3) is 1.00. The molecule has 1 heterocycles. The second-order valence-corrected chi connectivity index (χ2v) is 5.64. The Morgan fingerprint density at radius 1 is 1.19 bits per heavy atom. The maximum Gasteiger partial charge on any atom is 0.0613 e. The molecule has 1 N–H and O–H groups in total. The summed E-state index contributed by atoms with van der Waals surface area (Å²) in [5.74, 6) is 1.63. The van der Waals surface area contributed by atoms with Gasteiger partial charge >= 0.3 is 0 Å². The van der Waals surface area contributed by atoms with Crippen LogP contribution in [0, 0.1) is 11.8 Å². The van der Waals surface area contributed by atoms with Crippen molar-refractivity contribution in [3.63, 3.8) is 0 Å². The van der Waals surface area contributed by atoms with Gasteiger partial charge in [-0.05, 0) is 37.5 Å². The monoisotopic (exact) mass is 225 g/mol. The van der Waals surface area contributed by atoms with Crippen molar-refractivity contribution in [2.75, 3.05) is 13.2 Å². The van der Waals surface area contributed by atoms with Crippen LogP contribution in [0.3, 0.4) is 0 Å². The Bertz CT molecular complexity index is 205. The molecular formula is C14H27NO. The van der Waals surface area contributed by atoms with Gasteiger partial charge in [0.2, 0.25) is 0 Å². The zero-order valence-electron chi connectivity index (χ0n) is 10.9. The highest BCUT2D eigenvalue weighted by Gasteiger charge is 2.28. The predicted molar refractivity (Wildman–Crippen MR) is 67.6 cm³/mol. The van der Waals surface area contributed by atoms with E-state index in [9.17, 15) is 0 Å². The van der Waals surface area contributed by atoms with Crippen molar-refractivity contribution in [1.82, 2.24) is 5.32 Å². The van der Waals surface area contributed by atoms with Gasteiger partial charge in [0.25, 0.3) is 0 Å². The van der Waals surface area contributed by atoms with E-state index in [-0.39, 0.29) is 0 Å². The minimum Gasteiger partial charge on any atom is -0.378 e. The fourth-order valence-electron chi connectivity index (χ4n) is 3.30. The zero-order valence-corrected chi connectivity index (χ0v) is 10.9. The van der Waals surface area contributed by atoms with Gasteiger partial charge in [0.1, 0.15) is 0 Å². The molecule has 0 bridgehead atoms. The lowest BCUT2D eigenvalue weighted by atomic mass is 9.85. The van der Waals surface area contributed by atoms with E-state index in [2.05, 4.69) is 19.2 Å². The molecule has 0 radical (unpaired) electrons. The average molecular weight is 225 g/mol. The quantitative estimate of drug-likeness (QED) is 0.794. The molecule has 94 valence electrons. The predicted octanol–water partition coefficient (Wildman–Crippen LogP) is 2.97. The van der Waals surface area contributed by atoms with E-state index in [4.69, 9.17) is 4.74 Å². The highest BCUT2D eigenvalue weighted by atomic mass is 16.5. The molecule has 1 aliphatic carbocycles. The molecule has 2 nitrogen and oxygen atoms in total. The van der Waals surface area contributed by atoms with Crippen LogP contribution in [0.4, 0.5) is 0 Å². The van der Waals surface area contributed by atoms with Crippen molar-refractivity contribution in [2.45, 2.75) is 64.5 Å². The smallest absolute Gasteiger partial charge is 0.0613 e. The van der Waals surface area contributed by atoms with E-state index in [1.54, 1.807) is 0 Å². The minimum absolute atomic E-state index is 0.520. The van der Waals surface area contributed by atoms with Gasteiger partial charge in [0.15, 0.2) is 0 Å². The molecule has 0 amide bonds. The Balaban J connectivity index is 1.73. The van der Waals surface area contributed by atoms with Crippen LogP contribution in [0.2, 0.25) is 0 Å². The normalized spacial score (nSPS) is 40.1. The van der Waals surface area contributed by atoms with Crippen LogP contribution in [0.15, 0.2) is 0 Å². The van der Waals surface area contributed by atoms with Crippen molar-refractivity contribution < 1.29 is 4.74 Å². The molecule has 1 aliphatic heterocycles. The van der Waals surface area contributed by atoms with Gasteiger partial charge < -0.3 is 10.1 Å². The average Bonchev–Trinajstić information content (AvgIpc) is 2.75. The second kappa shape index (κ2) is 6.02. The maximum absolute atomic E-state index is 5.74. The lowest BCUT2D eigenvalue weighted by molar-refractivity contribution is 0.0854. The summed E-state index contributed by atoms with van der Waals surface area (Å²) in [4.78, 5) is 0. The Morgan fingerprint density at radius 3 is 2.75 bits per heavy atom. The van der Waals surface area contributed by atoms with Crippen molar-refractivity contribution in [3.8, 4) is 0 Å². The van der Waals surface area contributed by atoms with Gasteiger partial charge in [0, 0.05) is 19.2 Å². The summed E-state index contributed by atoms with van der Waals surface area (Å²) < 4.78 is 5.74. The molecule has 2 heteroatoms. The summed E-state index contributed by atoms with van der Waals surface area (Å²) in [5.41, 5.74) is 0. The Labute approximate surface area is 100 Å². The first-order chi connectivity index (χ1) is 7.81. The van der Waals surface area contributed by atoms with Gasteiger partial charge in [-0.3, -0.25) is 0 Å². The molecule has 16 heavy (non-hydrogen) atoms. The highest BCUT2D eigenvalue weighted by molar-refractivity contribution is 4.82. The fourth-order valence-corrected chi connectivity index (χ4v) is 3.30. The second-order valence-electron chi connectivity index (χ2n) is 5.64. The Hall–Kier alpha value is -0.0800. The summed E-state index contributed by atoms with van der Waals surface area (Å²) >= 11 is 0. The third kappa shape index (κ3) is 2.98. The molecule has 4 atom stereocenters. The van der Waals surface area contributed by atoms with Crippen LogP contribution in [0.5, 0.6) is 0 Å². The van der Waals surface area contributed by atoms with Crippen LogP contribution in [0.25, 0.3) is 0 Å². The third-order valence-corrected chi connectivity index (χ3v) is 4.50. The van der Waals surface area contributed by atoms with E-state index in [1.807, 2.05) is 0 Å². The van der Waals surface area contributed by atoms with Crippen molar-refractivity contribution in [3.05, 3.63) is 0 Å². The number of nitrogens with one attached hydrogen (secondary N) is 1. The summed E-state index contributed by atoms with van der Waals surface area (Å²) in [6, 6.07) is 0.770. The first kappa shape index (κ1) is 12.4. The molecule has 2 aliphatic rings. The summed E-state index contributed by atoms with van der Waals surface area (Å²) in [7, 11) is 0. The first-order valence-corrected chi connectivity index (χ1v) is 7.16. The van der Waals surface area contributed by atoms with Crippen LogP contribution >= 0.6 is 0 Å². The molecule has 0 aromatic rings. The van der Waals surface area contributed by atoms with Crippen molar-refractivity contribution >= 4 is 0 Å². The van der Waals surface area contributed by atoms with Gasteiger partial charge in [-0.25, -0.2) is 0 Å². The Morgan fingerprint density at radius 2 is 2.00 bits per heavy atom. The van der Waals surface area contributed by atoms with Crippen LogP contribution < -0.4 is 5.32 Å². The molecule has 2 rings (SSSR count). The molecule has 4 unspecified atom stereocenters. The van der Waals surface area contributed by atoms with Crippen LogP contribution in [-0.4, -0.2) is 25.3 Å². The summed E-state index contributed by atoms with van der Waals surface area (Å²) in [5, 5.41) is 3.80. The van der Waals surface area contributed by atoms with Crippen molar-refractivity contribution in [2.24, 2.45) is 11.8 Å². The number of hydrogen-bond acceptors (Lipinski definition) is 2. The number of hydrogen-bond donors (Lipinski definition) is 1. The number of ether oxygens (including phenoxy) is 1. The van der Waals surface area contributed by atoms with E-state index >= 15 is 0 Å². The summed E-state index contributed by atoms with van der Waals surface area (Å²) in [6.07, 6.45) is 8.59. The van der Waals surface area contributed by atoms with Crippen molar-refractivity contribution in [1.29, 1.82) is 0 Å². The molecule has 2 fully saturated rings. The summed E-state index contributed by atoms with van der Waals surface area (Å²) in [6.45, 7) is 6.80. The van der Waals surface area contributed by atoms with E-state index in [0.717, 1.165) is 24.5 Å². The highest BCUT2D eigenvalue weighted by Crippen LogP contribution is 2.26. The molecule has 0 aromatic carbocycles. The van der Waals surface area contributed by atoms with Crippen LogP contribution in [0.1, 0.15) is 52.4 Å². The zero-order chi connectivity index (χ0) is 11.4. The van der Waals surface area contributed by atoms with E-state index < -0.39 is 0 Å². The standard InChI is InChI=1S/C14H27NO/c1-3-14-12(8-9-16-14)10-15-13-7-5-4-6-11(13)2/h11-15H,3-10H2,1-2H3. The van der Waals surface area contributed by atoms with Gasteiger partial charge in [-0.2, -0.15) is 0 Å². The van der Waals surface area contributed by atoms with E-state index in [0.29, 0.717) is 6.10 Å².